The van der Waals surface area contributed by atoms with E-state index in [2.05, 4.69) is 22.0 Å². The quantitative estimate of drug-likeness (QED) is 0.815. The van der Waals surface area contributed by atoms with Crippen LogP contribution in [0.3, 0.4) is 0 Å². The number of nitrogens with two attached hydrogens (primary N) is 1. The van der Waals surface area contributed by atoms with Crippen molar-refractivity contribution < 1.29 is 4.74 Å². The van der Waals surface area contributed by atoms with E-state index in [1.807, 2.05) is 13.1 Å². The van der Waals surface area contributed by atoms with E-state index in [1.54, 1.807) is 7.11 Å². The zero-order valence-electron chi connectivity index (χ0n) is 10.9. The molecule has 0 radical (unpaired) electrons. The number of rotatable bonds is 1. The summed E-state index contributed by atoms with van der Waals surface area (Å²) in [5.41, 5.74) is 8.66. The van der Waals surface area contributed by atoms with Gasteiger partial charge < -0.3 is 15.4 Å². The Morgan fingerprint density at radius 2 is 2.28 bits per heavy atom. The second-order valence-electron chi connectivity index (χ2n) is 5.14. The van der Waals surface area contributed by atoms with Crippen LogP contribution >= 0.6 is 0 Å². The molecule has 2 N–H and O–H groups in total. The van der Waals surface area contributed by atoms with Gasteiger partial charge in [-0.05, 0) is 42.5 Å². The first-order chi connectivity index (χ1) is 8.67. The number of ether oxygens (including phenoxy) is 1. The van der Waals surface area contributed by atoms with Gasteiger partial charge in [-0.1, -0.05) is 6.07 Å². The Hall–Kier alpha value is -1.71. The van der Waals surface area contributed by atoms with Crippen LogP contribution in [-0.2, 0) is 12.0 Å². The van der Waals surface area contributed by atoms with Gasteiger partial charge in [0, 0.05) is 7.05 Å². The Labute approximate surface area is 107 Å². The highest BCUT2D eigenvalue weighted by Gasteiger charge is 2.44. The fraction of sp³-hybridized carbons (Fsp3) is 0.500. The molecule has 4 nitrogen and oxygen atoms in total. The number of nitrogens with zero attached hydrogens (tertiary/aromatic N) is 2. The van der Waals surface area contributed by atoms with Crippen LogP contribution in [0.15, 0.2) is 23.2 Å². The van der Waals surface area contributed by atoms with Crippen LogP contribution in [0.25, 0.3) is 0 Å². The molecular formula is C14H19N3O. The Bertz CT molecular complexity index is 512. The van der Waals surface area contributed by atoms with Gasteiger partial charge in [0.25, 0.3) is 0 Å². The topological polar surface area (TPSA) is 50.9 Å². The van der Waals surface area contributed by atoms with Crippen LogP contribution in [0, 0.1) is 0 Å². The van der Waals surface area contributed by atoms with Crippen molar-refractivity contribution in [3.05, 3.63) is 29.3 Å². The third-order valence-corrected chi connectivity index (χ3v) is 4.34. The van der Waals surface area contributed by atoms with Crippen molar-refractivity contribution in [2.75, 3.05) is 20.7 Å². The van der Waals surface area contributed by atoms with Gasteiger partial charge in [0.15, 0.2) is 5.96 Å². The smallest absolute Gasteiger partial charge is 0.191 e. The molecular weight excluding hydrogens is 226 g/mol. The molecule has 1 aromatic rings. The minimum atomic E-state index is -0.0239. The van der Waals surface area contributed by atoms with Gasteiger partial charge in [-0.15, -0.1) is 0 Å². The largest absolute Gasteiger partial charge is 0.497 e. The van der Waals surface area contributed by atoms with Gasteiger partial charge >= 0.3 is 0 Å². The first-order valence-corrected chi connectivity index (χ1v) is 6.38. The van der Waals surface area contributed by atoms with Crippen LogP contribution in [0.4, 0.5) is 0 Å². The number of aliphatic imine (C=N–C) groups is 1. The standard InChI is InChI=1S/C14H19N3O/c1-17-13(15)16-9-14(17)7-3-4-10-8-11(18-2)5-6-12(10)14/h5-6,8H,3-4,7,9H2,1-2H3,(H2,15,16). The first kappa shape index (κ1) is 11.4. The lowest BCUT2D eigenvalue weighted by atomic mass is 9.76. The SMILES string of the molecule is COc1ccc2c(c1)CCCC21CN=C(N)N1C. The minimum absolute atomic E-state index is 0.0239. The number of hydrogen-bond acceptors (Lipinski definition) is 4. The van der Waals surface area contributed by atoms with Crippen molar-refractivity contribution >= 4 is 5.96 Å². The molecule has 0 bridgehead atoms. The molecule has 18 heavy (non-hydrogen) atoms. The maximum atomic E-state index is 5.95. The van der Waals surface area contributed by atoms with Crippen LogP contribution in [-0.4, -0.2) is 31.6 Å². The van der Waals surface area contributed by atoms with Crippen molar-refractivity contribution in [3.63, 3.8) is 0 Å². The van der Waals surface area contributed by atoms with E-state index >= 15 is 0 Å². The van der Waals surface area contributed by atoms with Gasteiger partial charge in [0.1, 0.15) is 5.75 Å². The lowest BCUT2D eigenvalue weighted by molar-refractivity contribution is 0.204. The Morgan fingerprint density at radius 1 is 1.44 bits per heavy atom. The summed E-state index contributed by atoms with van der Waals surface area (Å²) < 4.78 is 5.31. The molecule has 1 aromatic carbocycles. The number of benzene rings is 1. The molecule has 3 rings (SSSR count). The molecule has 2 aliphatic rings. The predicted octanol–water partition coefficient (Wildman–Crippen LogP) is 1.49. The van der Waals surface area contributed by atoms with E-state index in [4.69, 9.17) is 10.5 Å². The van der Waals surface area contributed by atoms with E-state index in [0.29, 0.717) is 5.96 Å². The molecule has 1 unspecified atom stereocenters. The maximum absolute atomic E-state index is 5.95. The van der Waals surface area contributed by atoms with Gasteiger partial charge in [-0.25, -0.2) is 0 Å². The zero-order chi connectivity index (χ0) is 12.8. The van der Waals surface area contributed by atoms with Crippen LogP contribution in [0.2, 0.25) is 0 Å². The summed E-state index contributed by atoms with van der Waals surface area (Å²) in [5, 5.41) is 0. The number of fused-ring (bicyclic) bond motifs is 2. The van der Waals surface area contributed by atoms with E-state index in [9.17, 15) is 0 Å². The summed E-state index contributed by atoms with van der Waals surface area (Å²) in [6.07, 6.45) is 3.41. The molecule has 0 saturated heterocycles. The normalized spacial score (nSPS) is 26.1. The van der Waals surface area contributed by atoms with Crippen molar-refractivity contribution in [1.82, 2.24) is 4.90 Å². The summed E-state index contributed by atoms with van der Waals surface area (Å²) in [7, 11) is 3.76. The monoisotopic (exact) mass is 245 g/mol. The molecule has 1 heterocycles. The Balaban J connectivity index is 2.08. The molecule has 0 fully saturated rings. The predicted molar refractivity (Wildman–Crippen MR) is 71.9 cm³/mol. The van der Waals surface area contributed by atoms with E-state index in [0.717, 1.165) is 25.1 Å². The molecule has 1 atom stereocenters. The third kappa shape index (κ3) is 1.41. The van der Waals surface area contributed by atoms with Gasteiger partial charge in [0.05, 0.1) is 19.2 Å². The van der Waals surface area contributed by atoms with Crippen molar-refractivity contribution in [2.24, 2.45) is 10.7 Å². The lowest BCUT2D eigenvalue weighted by Gasteiger charge is -2.41. The highest BCUT2D eigenvalue weighted by molar-refractivity contribution is 5.81. The molecule has 1 spiro atoms. The number of aryl methyl sites for hydroxylation is 1. The third-order valence-electron chi connectivity index (χ3n) is 4.34. The second kappa shape index (κ2) is 3.90. The number of hydrogen-bond donors (Lipinski definition) is 1. The minimum Gasteiger partial charge on any atom is -0.497 e. The Kier molecular flexibility index (Phi) is 2.47. The fourth-order valence-electron chi connectivity index (χ4n) is 3.22. The Morgan fingerprint density at radius 3 is 2.94 bits per heavy atom. The average molecular weight is 245 g/mol. The first-order valence-electron chi connectivity index (χ1n) is 6.38. The zero-order valence-corrected chi connectivity index (χ0v) is 10.9. The highest BCUT2D eigenvalue weighted by Crippen LogP contribution is 2.43. The maximum Gasteiger partial charge on any atom is 0.191 e. The van der Waals surface area contributed by atoms with Gasteiger partial charge in [-0.3, -0.25) is 4.99 Å². The lowest BCUT2D eigenvalue weighted by Crippen LogP contribution is -2.48. The van der Waals surface area contributed by atoms with E-state index in [1.165, 1.54) is 17.5 Å². The summed E-state index contributed by atoms with van der Waals surface area (Å²) in [6.45, 7) is 0.772. The molecule has 0 amide bonds. The molecule has 1 aliphatic carbocycles. The average Bonchev–Trinajstić information content (AvgIpc) is 2.68. The van der Waals surface area contributed by atoms with E-state index < -0.39 is 0 Å². The molecule has 1 aliphatic heterocycles. The van der Waals surface area contributed by atoms with Crippen molar-refractivity contribution in [1.29, 1.82) is 0 Å². The summed E-state index contributed by atoms with van der Waals surface area (Å²) >= 11 is 0. The number of methoxy groups -OCH3 is 1. The highest BCUT2D eigenvalue weighted by atomic mass is 16.5. The summed E-state index contributed by atoms with van der Waals surface area (Å²) in [5.74, 6) is 1.58. The molecule has 0 aromatic heterocycles. The molecule has 4 heteroatoms. The summed E-state index contributed by atoms with van der Waals surface area (Å²) in [4.78, 5) is 6.56. The fourth-order valence-corrected chi connectivity index (χ4v) is 3.22. The van der Waals surface area contributed by atoms with Crippen LogP contribution in [0.5, 0.6) is 5.75 Å². The molecule has 96 valence electrons. The van der Waals surface area contributed by atoms with E-state index in [-0.39, 0.29) is 5.54 Å². The number of guanidine groups is 1. The van der Waals surface area contributed by atoms with Gasteiger partial charge in [-0.2, -0.15) is 0 Å². The summed E-state index contributed by atoms with van der Waals surface area (Å²) in [6, 6.07) is 6.37. The van der Waals surface area contributed by atoms with Crippen molar-refractivity contribution in [2.45, 2.75) is 24.8 Å². The van der Waals surface area contributed by atoms with Crippen molar-refractivity contribution in [3.8, 4) is 5.75 Å². The number of likely N-dealkylation sites (N-methyl/N-ethyl adjacent to an activating group) is 1. The van der Waals surface area contributed by atoms with Crippen LogP contribution in [0.1, 0.15) is 24.0 Å². The van der Waals surface area contributed by atoms with Gasteiger partial charge in [0.2, 0.25) is 0 Å². The molecule has 0 saturated carbocycles. The van der Waals surface area contributed by atoms with Crippen LogP contribution < -0.4 is 10.5 Å². The second-order valence-corrected chi connectivity index (χ2v) is 5.14.